The number of carbonyl (C=O) groups is 1. The van der Waals surface area contributed by atoms with Crippen LogP contribution in [-0.4, -0.2) is 10.9 Å². The second-order valence-corrected chi connectivity index (χ2v) is 4.10. The lowest BCUT2D eigenvalue weighted by atomic mass is 10.2. The van der Waals surface area contributed by atoms with E-state index in [2.05, 4.69) is 10.3 Å². The minimum Gasteiger partial charge on any atom is -0.451 e. The number of hydrogen-bond donors (Lipinski definition) is 1. The molecule has 4 nitrogen and oxygen atoms in total. The minimum atomic E-state index is -0.149. The molecule has 5 heteroatoms. The van der Waals surface area contributed by atoms with E-state index in [-0.39, 0.29) is 12.3 Å². The molecule has 0 saturated heterocycles. The molecule has 0 bridgehead atoms. The van der Waals surface area contributed by atoms with Gasteiger partial charge in [0.1, 0.15) is 6.26 Å². The first-order valence-corrected chi connectivity index (χ1v) is 5.46. The van der Waals surface area contributed by atoms with E-state index in [9.17, 15) is 4.79 Å². The predicted octanol–water partition coefficient (Wildman–Crippen LogP) is 2.82. The Morgan fingerprint density at radius 2 is 2.35 bits per heavy atom. The summed E-state index contributed by atoms with van der Waals surface area (Å²) in [5.74, 6) is -0.149. The van der Waals surface area contributed by atoms with E-state index in [4.69, 9.17) is 16.0 Å². The summed E-state index contributed by atoms with van der Waals surface area (Å²) in [5, 5.41) is 3.37. The normalized spacial score (nSPS) is 10.2. The van der Waals surface area contributed by atoms with Crippen LogP contribution in [0.25, 0.3) is 0 Å². The molecule has 0 spiro atoms. The Hall–Kier alpha value is -1.81. The smallest absolute Gasteiger partial charge is 0.230 e. The molecule has 1 N–H and O–H groups in total. The number of benzene rings is 1. The van der Waals surface area contributed by atoms with E-state index in [0.29, 0.717) is 16.4 Å². The number of hydrogen-bond acceptors (Lipinski definition) is 3. The monoisotopic (exact) mass is 250 g/mol. The molecule has 0 radical (unpaired) electrons. The van der Waals surface area contributed by atoms with Gasteiger partial charge < -0.3 is 9.73 Å². The minimum absolute atomic E-state index is 0.149. The van der Waals surface area contributed by atoms with Crippen LogP contribution in [0.3, 0.4) is 0 Å². The van der Waals surface area contributed by atoms with Crippen LogP contribution in [0.1, 0.15) is 11.3 Å². The van der Waals surface area contributed by atoms with Crippen molar-refractivity contribution in [2.24, 2.45) is 0 Å². The zero-order valence-corrected chi connectivity index (χ0v) is 9.99. The Balaban J connectivity index is 2.05. The van der Waals surface area contributed by atoms with Crippen LogP contribution in [-0.2, 0) is 11.2 Å². The van der Waals surface area contributed by atoms with Crippen LogP contribution in [0.5, 0.6) is 0 Å². The van der Waals surface area contributed by atoms with Gasteiger partial charge in [0, 0.05) is 10.7 Å². The van der Waals surface area contributed by atoms with Gasteiger partial charge in [0.2, 0.25) is 5.91 Å². The molecule has 88 valence electrons. The number of aromatic nitrogens is 1. The fourth-order valence-corrected chi connectivity index (χ4v) is 1.58. The number of carbonyl (C=O) groups excluding carboxylic acids is 1. The molecule has 0 aliphatic heterocycles. The summed E-state index contributed by atoms with van der Waals surface area (Å²) in [6, 6.07) is 5.36. The van der Waals surface area contributed by atoms with Crippen molar-refractivity contribution in [3.8, 4) is 0 Å². The van der Waals surface area contributed by atoms with Crippen LogP contribution in [0.2, 0.25) is 5.02 Å². The zero-order chi connectivity index (χ0) is 12.3. The molecule has 1 aromatic heterocycles. The highest BCUT2D eigenvalue weighted by Crippen LogP contribution is 2.20. The fraction of sp³-hybridized carbons (Fsp3) is 0.167. The van der Waals surface area contributed by atoms with Crippen LogP contribution in [0.15, 0.2) is 35.3 Å². The molecular weight excluding hydrogens is 240 g/mol. The van der Waals surface area contributed by atoms with Gasteiger partial charge in [-0.05, 0) is 24.6 Å². The van der Waals surface area contributed by atoms with Crippen molar-refractivity contribution in [2.75, 3.05) is 5.32 Å². The molecule has 1 heterocycles. The fourth-order valence-electron chi connectivity index (χ4n) is 1.41. The van der Waals surface area contributed by atoms with Gasteiger partial charge in [-0.1, -0.05) is 17.7 Å². The molecule has 0 fully saturated rings. The molecule has 17 heavy (non-hydrogen) atoms. The summed E-state index contributed by atoms with van der Waals surface area (Å²) in [6.07, 6.45) is 2.93. The van der Waals surface area contributed by atoms with Crippen molar-refractivity contribution < 1.29 is 9.21 Å². The maximum Gasteiger partial charge on any atom is 0.230 e. The van der Waals surface area contributed by atoms with E-state index in [0.717, 1.165) is 5.56 Å². The van der Waals surface area contributed by atoms with Crippen molar-refractivity contribution in [1.29, 1.82) is 0 Å². The summed E-state index contributed by atoms with van der Waals surface area (Å²) in [4.78, 5) is 15.6. The van der Waals surface area contributed by atoms with Crippen molar-refractivity contribution in [1.82, 2.24) is 4.98 Å². The summed E-state index contributed by atoms with van der Waals surface area (Å²) in [6.45, 7) is 1.90. The topological polar surface area (TPSA) is 55.1 Å². The Morgan fingerprint density at radius 3 is 3.06 bits per heavy atom. The second-order valence-electron chi connectivity index (χ2n) is 3.66. The van der Waals surface area contributed by atoms with Gasteiger partial charge >= 0.3 is 0 Å². The molecule has 0 saturated carbocycles. The van der Waals surface area contributed by atoms with Crippen molar-refractivity contribution in [2.45, 2.75) is 13.3 Å². The van der Waals surface area contributed by atoms with E-state index >= 15 is 0 Å². The maximum absolute atomic E-state index is 11.7. The van der Waals surface area contributed by atoms with E-state index in [1.54, 1.807) is 12.1 Å². The summed E-state index contributed by atoms with van der Waals surface area (Å²) >= 11 is 5.86. The predicted molar refractivity (Wildman–Crippen MR) is 65.0 cm³/mol. The standard InChI is InChI=1S/C12H11ClN2O2/c1-8-2-3-9(13)4-11(8)15-12(16)5-10-6-17-7-14-10/h2-4,6-7H,5H2,1H3,(H,15,16). The molecule has 0 aliphatic carbocycles. The molecule has 1 aromatic carbocycles. The largest absolute Gasteiger partial charge is 0.451 e. The zero-order valence-electron chi connectivity index (χ0n) is 9.24. The van der Waals surface area contributed by atoms with Crippen LogP contribution >= 0.6 is 11.6 Å². The molecule has 0 unspecified atom stereocenters. The van der Waals surface area contributed by atoms with Gasteiger partial charge in [-0.15, -0.1) is 0 Å². The number of aryl methyl sites for hydroxylation is 1. The summed E-state index contributed by atoms with van der Waals surface area (Å²) < 4.78 is 4.80. The Morgan fingerprint density at radius 1 is 1.53 bits per heavy atom. The summed E-state index contributed by atoms with van der Waals surface area (Å²) in [5.41, 5.74) is 2.27. The molecule has 2 rings (SSSR count). The average molecular weight is 251 g/mol. The van der Waals surface area contributed by atoms with Crippen molar-refractivity contribution in [3.63, 3.8) is 0 Å². The quantitative estimate of drug-likeness (QED) is 0.911. The highest BCUT2D eigenvalue weighted by Gasteiger charge is 2.08. The Kier molecular flexibility index (Phi) is 3.44. The molecule has 0 atom stereocenters. The van der Waals surface area contributed by atoms with Gasteiger partial charge in [-0.3, -0.25) is 4.79 Å². The third-order valence-electron chi connectivity index (χ3n) is 2.30. The number of rotatable bonds is 3. The van der Waals surface area contributed by atoms with E-state index in [1.165, 1.54) is 12.7 Å². The average Bonchev–Trinajstić information content (AvgIpc) is 2.76. The third kappa shape index (κ3) is 3.07. The molecule has 0 aliphatic rings. The number of halogens is 1. The Labute approximate surface area is 104 Å². The van der Waals surface area contributed by atoms with Gasteiger partial charge in [-0.25, -0.2) is 4.98 Å². The first-order valence-electron chi connectivity index (χ1n) is 5.08. The van der Waals surface area contributed by atoms with Gasteiger partial charge in [0.05, 0.1) is 12.1 Å². The third-order valence-corrected chi connectivity index (χ3v) is 2.53. The van der Waals surface area contributed by atoms with Crippen molar-refractivity contribution >= 4 is 23.2 Å². The van der Waals surface area contributed by atoms with E-state index in [1.807, 2.05) is 13.0 Å². The molecular formula is C12H11ClN2O2. The van der Waals surface area contributed by atoms with Gasteiger partial charge in [-0.2, -0.15) is 0 Å². The van der Waals surface area contributed by atoms with Gasteiger partial charge in [0.15, 0.2) is 6.39 Å². The lowest BCUT2D eigenvalue weighted by Gasteiger charge is -2.07. The highest BCUT2D eigenvalue weighted by atomic mass is 35.5. The number of oxazole rings is 1. The number of nitrogens with one attached hydrogen (secondary N) is 1. The van der Waals surface area contributed by atoms with Crippen LogP contribution in [0, 0.1) is 6.92 Å². The molecule has 2 aromatic rings. The lowest BCUT2D eigenvalue weighted by Crippen LogP contribution is -2.15. The summed E-state index contributed by atoms with van der Waals surface area (Å²) in [7, 11) is 0. The number of nitrogens with zero attached hydrogens (tertiary/aromatic N) is 1. The first kappa shape index (κ1) is 11.7. The highest BCUT2D eigenvalue weighted by molar-refractivity contribution is 6.31. The molecule has 1 amide bonds. The Bertz CT molecular complexity index is 523. The second kappa shape index (κ2) is 5.01. The lowest BCUT2D eigenvalue weighted by molar-refractivity contribution is -0.115. The SMILES string of the molecule is Cc1ccc(Cl)cc1NC(=O)Cc1cocn1. The van der Waals surface area contributed by atoms with Gasteiger partial charge in [0.25, 0.3) is 0 Å². The number of amides is 1. The number of anilines is 1. The van der Waals surface area contributed by atoms with Crippen LogP contribution in [0.4, 0.5) is 5.69 Å². The van der Waals surface area contributed by atoms with Crippen molar-refractivity contribution in [3.05, 3.63) is 47.1 Å². The van der Waals surface area contributed by atoms with E-state index < -0.39 is 0 Å². The first-order chi connectivity index (χ1) is 8.15. The van der Waals surface area contributed by atoms with Crippen LogP contribution < -0.4 is 5.32 Å². The maximum atomic E-state index is 11.7.